The molecule has 1 aromatic heterocycles. The number of fused-ring (bicyclic) bond motifs is 1. The molecular formula is C16H15ClN4. The minimum Gasteiger partial charge on any atom is -0.354 e. The van der Waals surface area contributed by atoms with E-state index >= 15 is 0 Å². The van der Waals surface area contributed by atoms with Crippen LogP contribution in [0.4, 0.5) is 17.5 Å². The summed E-state index contributed by atoms with van der Waals surface area (Å²) in [6.07, 6.45) is 1.60. The first-order chi connectivity index (χ1) is 10.3. The topological polar surface area (TPSA) is 49.8 Å². The lowest BCUT2D eigenvalue weighted by Crippen LogP contribution is -2.04. The lowest BCUT2D eigenvalue weighted by atomic mass is 10.1. The molecular weight excluding hydrogens is 284 g/mol. The van der Waals surface area contributed by atoms with E-state index in [1.54, 1.807) is 6.20 Å². The van der Waals surface area contributed by atoms with Crippen molar-refractivity contribution in [2.45, 2.75) is 6.92 Å². The summed E-state index contributed by atoms with van der Waals surface area (Å²) in [7, 11) is 0. The number of benzene rings is 2. The van der Waals surface area contributed by atoms with Crippen molar-refractivity contribution in [2.24, 2.45) is 0 Å². The van der Waals surface area contributed by atoms with Crippen molar-refractivity contribution in [2.75, 3.05) is 17.2 Å². The van der Waals surface area contributed by atoms with Crippen LogP contribution in [0.15, 0.2) is 48.7 Å². The first-order valence-corrected chi connectivity index (χ1v) is 7.17. The second-order valence-corrected chi connectivity index (χ2v) is 4.98. The molecule has 0 radical (unpaired) electrons. The van der Waals surface area contributed by atoms with Crippen LogP contribution in [0.5, 0.6) is 0 Å². The number of nitrogens with zero attached hydrogens (tertiary/aromatic N) is 2. The van der Waals surface area contributed by atoms with Gasteiger partial charge in [0.25, 0.3) is 0 Å². The van der Waals surface area contributed by atoms with Crippen LogP contribution in [-0.2, 0) is 0 Å². The number of hydrogen-bond acceptors (Lipinski definition) is 4. The summed E-state index contributed by atoms with van der Waals surface area (Å²) >= 11 is 6.18. The highest BCUT2D eigenvalue weighted by Gasteiger charge is 2.07. The molecule has 0 atom stereocenters. The lowest BCUT2D eigenvalue weighted by molar-refractivity contribution is 1.09. The number of halogens is 1. The van der Waals surface area contributed by atoms with Crippen LogP contribution >= 0.6 is 11.6 Å². The molecule has 0 saturated heterocycles. The normalized spacial score (nSPS) is 10.6. The SMILES string of the molecule is CCNc1ncc(Cl)c(Nc2cccc3ccccc23)n1. The number of anilines is 3. The van der Waals surface area contributed by atoms with Crippen molar-refractivity contribution in [1.82, 2.24) is 9.97 Å². The Morgan fingerprint density at radius 1 is 1.10 bits per heavy atom. The Labute approximate surface area is 128 Å². The summed E-state index contributed by atoms with van der Waals surface area (Å²) in [5, 5.41) is 9.15. The third-order valence-corrected chi connectivity index (χ3v) is 3.40. The second kappa shape index (κ2) is 5.97. The highest BCUT2D eigenvalue weighted by molar-refractivity contribution is 6.33. The summed E-state index contributed by atoms with van der Waals surface area (Å²) < 4.78 is 0. The Bertz CT molecular complexity index is 768. The van der Waals surface area contributed by atoms with Crippen LogP contribution in [0.2, 0.25) is 5.02 Å². The molecule has 0 unspecified atom stereocenters. The Kier molecular flexibility index (Phi) is 3.88. The average Bonchev–Trinajstić information content (AvgIpc) is 2.51. The molecule has 5 heteroatoms. The van der Waals surface area contributed by atoms with E-state index in [2.05, 4.69) is 38.8 Å². The van der Waals surface area contributed by atoms with Crippen molar-refractivity contribution in [3.05, 3.63) is 53.7 Å². The van der Waals surface area contributed by atoms with Crippen molar-refractivity contribution >= 4 is 39.8 Å². The molecule has 4 nitrogen and oxygen atoms in total. The molecule has 0 bridgehead atoms. The van der Waals surface area contributed by atoms with Crippen molar-refractivity contribution in [3.8, 4) is 0 Å². The second-order valence-electron chi connectivity index (χ2n) is 4.57. The average molecular weight is 299 g/mol. The van der Waals surface area contributed by atoms with Gasteiger partial charge in [0, 0.05) is 17.6 Å². The molecule has 1 heterocycles. The monoisotopic (exact) mass is 298 g/mol. The Hall–Kier alpha value is -2.33. The highest BCUT2D eigenvalue weighted by Crippen LogP contribution is 2.28. The van der Waals surface area contributed by atoms with E-state index in [0.29, 0.717) is 16.8 Å². The third kappa shape index (κ3) is 2.90. The van der Waals surface area contributed by atoms with Gasteiger partial charge in [-0.25, -0.2) is 4.98 Å². The van der Waals surface area contributed by atoms with Gasteiger partial charge in [-0.1, -0.05) is 48.0 Å². The smallest absolute Gasteiger partial charge is 0.224 e. The summed E-state index contributed by atoms with van der Waals surface area (Å²) in [5.74, 6) is 1.16. The van der Waals surface area contributed by atoms with Crippen molar-refractivity contribution < 1.29 is 0 Å². The van der Waals surface area contributed by atoms with Gasteiger partial charge in [-0.2, -0.15) is 4.98 Å². The van der Waals surface area contributed by atoms with E-state index in [-0.39, 0.29) is 0 Å². The molecule has 2 N–H and O–H groups in total. The zero-order chi connectivity index (χ0) is 14.7. The molecule has 106 valence electrons. The molecule has 0 amide bonds. The Balaban J connectivity index is 2.00. The largest absolute Gasteiger partial charge is 0.354 e. The molecule has 0 fully saturated rings. The van der Waals surface area contributed by atoms with Gasteiger partial charge in [0.15, 0.2) is 5.82 Å². The predicted octanol–water partition coefficient (Wildman–Crippen LogP) is 4.46. The summed E-state index contributed by atoms with van der Waals surface area (Å²) in [6, 6.07) is 14.3. The molecule has 2 aromatic carbocycles. The zero-order valence-corrected chi connectivity index (χ0v) is 12.4. The molecule has 0 aliphatic heterocycles. The van der Waals surface area contributed by atoms with Crippen LogP contribution in [0, 0.1) is 0 Å². The maximum absolute atomic E-state index is 6.18. The van der Waals surface area contributed by atoms with Gasteiger partial charge in [0.05, 0.1) is 6.20 Å². The van der Waals surface area contributed by atoms with Gasteiger partial charge in [-0.3, -0.25) is 0 Å². The summed E-state index contributed by atoms with van der Waals surface area (Å²) in [5.41, 5.74) is 0.969. The maximum Gasteiger partial charge on any atom is 0.224 e. The van der Waals surface area contributed by atoms with Gasteiger partial charge < -0.3 is 10.6 Å². The van der Waals surface area contributed by atoms with Crippen molar-refractivity contribution in [3.63, 3.8) is 0 Å². The Morgan fingerprint density at radius 2 is 1.90 bits per heavy atom. The molecule has 0 saturated carbocycles. The van der Waals surface area contributed by atoms with Crippen LogP contribution < -0.4 is 10.6 Å². The first kappa shape index (κ1) is 13.6. The van der Waals surface area contributed by atoms with Crippen molar-refractivity contribution in [1.29, 1.82) is 0 Å². The predicted molar refractivity (Wildman–Crippen MR) is 88.4 cm³/mol. The van der Waals surface area contributed by atoms with Crippen LogP contribution in [0.25, 0.3) is 10.8 Å². The first-order valence-electron chi connectivity index (χ1n) is 6.79. The summed E-state index contributed by atoms with van der Waals surface area (Å²) in [4.78, 5) is 8.54. The molecule has 0 spiro atoms. The van der Waals surface area contributed by atoms with E-state index < -0.39 is 0 Å². The van der Waals surface area contributed by atoms with Crippen LogP contribution in [0.1, 0.15) is 6.92 Å². The zero-order valence-electron chi connectivity index (χ0n) is 11.6. The lowest BCUT2D eigenvalue weighted by Gasteiger charge is -2.11. The van der Waals surface area contributed by atoms with Crippen LogP contribution in [-0.4, -0.2) is 16.5 Å². The fourth-order valence-corrected chi connectivity index (χ4v) is 2.30. The minimum absolute atomic E-state index is 0.490. The van der Waals surface area contributed by atoms with Gasteiger partial charge in [-0.05, 0) is 18.4 Å². The van der Waals surface area contributed by atoms with Gasteiger partial charge in [0.2, 0.25) is 5.95 Å². The van der Waals surface area contributed by atoms with E-state index in [0.717, 1.165) is 17.6 Å². The minimum atomic E-state index is 0.490. The number of nitrogens with one attached hydrogen (secondary N) is 2. The van der Waals surface area contributed by atoms with E-state index in [4.69, 9.17) is 11.6 Å². The molecule has 0 aliphatic rings. The standard InChI is InChI=1S/C16H15ClN4/c1-2-18-16-19-10-13(17)15(21-16)20-14-9-5-7-11-6-3-4-8-12(11)14/h3-10H,2H2,1H3,(H2,18,19,20,21). The molecule has 3 aromatic rings. The quantitative estimate of drug-likeness (QED) is 0.746. The van der Waals surface area contributed by atoms with E-state index in [9.17, 15) is 0 Å². The number of hydrogen-bond donors (Lipinski definition) is 2. The molecule has 0 aliphatic carbocycles. The number of aromatic nitrogens is 2. The molecule has 21 heavy (non-hydrogen) atoms. The van der Waals surface area contributed by atoms with E-state index in [1.807, 2.05) is 31.2 Å². The van der Waals surface area contributed by atoms with E-state index in [1.165, 1.54) is 5.39 Å². The third-order valence-electron chi connectivity index (χ3n) is 3.12. The fraction of sp³-hybridized carbons (Fsp3) is 0.125. The highest BCUT2D eigenvalue weighted by atomic mass is 35.5. The number of rotatable bonds is 4. The summed E-state index contributed by atoms with van der Waals surface area (Å²) in [6.45, 7) is 2.76. The van der Waals surface area contributed by atoms with Gasteiger partial charge in [0.1, 0.15) is 5.02 Å². The van der Waals surface area contributed by atoms with Crippen LogP contribution in [0.3, 0.4) is 0 Å². The maximum atomic E-state index is 6.18. The Morgan fingerprint density at radius 3 is 2.76 bits per heavy atom. The fourth-order valence-electron chi connectivity index (χ4n) is 2.16. The van der Waals surface area contributed by atoms with Gasteiger partial charge >= 0.3 is 0 Å². The van der Waals surface area contributed by atoms with Gasteiger partial charge in [-0.15, -0.1) is 0 Å². The molecule has 3 rings (SSSR count).